The first-order chi connectivity index (χ1) is 13.3. The molecule has 138 valence electrons. The highest BCUT2D eigenvalue weighted by Crippen LogP contribution is 2.44. The minimum Gasteiger partial charge on any atom is -0.363 e. The lowest BCUT2D eigenvalue weighted by molar-refractivity contribution is 0.247. The van der Waals surface area contributed by atoms with Gasteiger partial charge in [0, 0.05) is 18.8 Å². The van der Waals surface area contributed by atoms with Crippen LogP contribution in [0, 0.1) is 5.92 Å². The second-order valence-corrected chi connectivity index (χ2v) is 7.77. The van der Waals surface area contributed by atoms with Gasteiger partial charge in [0.05, 0.1) is 0 Å². The molecular weight excluding hydrogens is 326 g/mol. The van der Waals surface area contributed by atoms with Crippen LogP contribution in [-0.4, -0.2) is 0 Å². The van der Waals surface area contributed by atoms with Crippen LogP contribution in [-0.2, 0) is 13.1 Å². The van der Waals surface area contributed by atoms with E-state index in [9.17, 15) is 0 Å². The van der Waals surface area contributed by atoms with Crippen molar-refractivity contribution in [1.29, 1.82) is 0 Å². The Morgan fingerprint density at radius 1 is 0.704 bits per heavy atom. The fourth-order valence-electron chi connectivity index (χ4n) is 4.27. The molecule has 0 aliphatic heterocycles. The zero-order valence-corrected chi connectivity index (χ0v) is 16.2. The number of rotatable bonds is 7. The molecular formula is C26H29N. The third-order valence-electron chi connectivity index (χ3n) is 6.06. The van der Waals surface area contributed by atoms with Crippen molar-refractivity contribution in [2.75, 3.05) is 4.90 Å². The normalized spacial score (nSPS) is 18.7. The van der Waals surface area contributed by atoms with E-state index >= 15 is 0 Å². The van der Waals surface area contributed by atoms with Crippen molar-refractivity contribution in [3.8, 4) is 0 Å². The summed E-state index contributed by atoms with van der Waals surface area (Å²) >= 11 is 0. The van der Waals surface area contributed by atoms with Gasteiger partial charge in [-0.3, -0.25) is 0 Å². The summed E-state index contributed by atoms with van der Waals surface area (Å²) in [7, 11) is 0. The molecule has 1 saturated carbocycles. The first-order valence-corrected chi connectivity index (χ1v) is 10.3. The lowest BCUT2D eigenvalue weighted by Crippen LogP contribution is -2.24. The smallest absolute Gasteiger partial charge is 0.0433 e. The quantitative estimate of drug-likeness (QED) is 0.450. The van der Waals surface area contributed by atoms with Crippen LogP contribution >= 0.6 is 0 Å². The molecule has 2 unspecified atom stereocenters. The molecule has 0 heterocycles. The standard InChI is InChI=1S/C26H29N/c1-2-23-15-18-26(23)24-13-16-25(17-14-24)27(19-21-9-5-3-6-10-21)20-22-11-7-4-8-12-22/h3-14,16-17,23,26H,2,15,18-20H2,1H3. The average Bonchev–Trinajstić information content (AvgIpc) is 2.69. The van der Waals surface area contributed by atoms with Gasteiger partial charge in [0.15, 0.2) is 0 Å². The first-order valence-electron chi connectivity index (χ1n) is 10.3. The summed E-state index contributed by atoms with van der Waals surface area (Å²) in [4.78, 5) is 2.48. The zero-order valence-electron chi connectivity index (χ0n) is 16.2. The third-order valence-corrected chi connectivity index (χ3v) is 6.06. The lowest BCUT2D eigenvalue weighted by Gasteiger charge is -2.36. The Morgan fingerprint density at radius 2 is 1.26 bits per heavy atom. The van der Waals surface area contributed by atoms with E-state index in [4.69, 9.17) is 0 Å². The van der Waals surface area contributed by atoms with Crippen LogP contribution in [0.1, 0.15) is 48.8 Å². The molecule has 3 aromatic rings. The van der Waals surface area contributed by atoms with E-state index in [2.05, 4.69) is 96.8 Å². The van der Waals surface area contributed by atoms with Gasteiger partial charge in [-0.25, -0.2) is 0 Å². The van der Waals surface area contributed by atoms with Crippen molar-refractivity contribution in [2.24, 2.45) is 5.92 Å². The molecule has 1 fully saturated rings. The van der Waals surface area contributed by atoms with Crippen molar-refractivity contribution >= 4 is 5.69 Å². The average molecular weight is 356 g/mol. The molecule has 0 spiro atoms. The van der Waals surface area contributed by atoms with Crippen molar-refractivity contribution in [3.63, 3.8) is 0 Å². The highest BCUT2D eigenvalue weighted by atomic mass is 15.1. The van der Waals surface area contributed by atoms with Crippen molar-refractivity contribution in [2.45, 2.75) is 45.2 Å². The van der Waals surface area contributed by atoms with Crippen LogP contribution in [0.4, 0.5) is 5.69 Å². The maximum Gasteiger partial charge on any atom is 0.0433 e. The van der Waals surface area contributed by atoms with Gasteiger partial charge in [0.25, 0.3) is 0 Å². The van der Waals surface area contributed by atoms with Crippen molar-refractivity contribution in [1.82, 2.24) is 0 Å². The van der Waals surface area contributed by atoms with Crippen LogP contribution in [0.5, 0.6) is 0 Å². The summed E-state index contributed by atoms with van der Waals surface area (Å²) in [5.74, 6) is 1.67. The molecule has 1 aliphatic rings. The van der Waals surface area contributed by atoms with E-state index in [0.717, 1.165) is 24.9 Å². The van der Waals surface area contributed by atoms with Crippen molar-refractivity contribution < 1.29 is 0 Å². The Kier molecular flexibility index (Phi) is 5.58. The van der Waals surface area contributed by atoms with Crippen LogP contribution in [0.2, 0.25) is 0 Å². The molecule has 0 saturated heterocycles. The summed E-state index contributed by atoms with van der Waals surface area (Å²) in [5.41, 5.74) is 5.53. The molecule has 1 aliphatic carbocycles. The maximum atomic E-state index is 2.48. The molecule has 0 amide bonds. The third kappa shape index (κ3) is 4.24. The van der Waals surface area contributed by atoms with Gasteiger partial charge in [-0.2, -0.15) is 0 Å². The highest BCUT2D eigenvalue weighted by molar-refractivity contribution is 5.49. The SMILES string of the molecule is CCC1CCC1c1ccc(N(Cc2ccccc2)Cc2ccccc2)cc1. The molecule has 0 N–H and O–H groups in total. The summed E-state index contributed by atoms with van der Waals surface area (Å²) < 4.78 is 0. The van der Waals surface area contributed by atoms with Gasteiger partial charge >= 0.3 is 0 Å². The van der Waals surface area contributed by atoms with Gasteiger partial charge in [-0.1, -0.05) is 86.1 Å². The van der Waals surface area contributed by atoms with E-state index in [0.29, 0.717) is 0 Å². The Bertz CT molecular complexity index is 780. The summed E-state index contributed by atoms with van der Waals surface area (Å²) in [5, 5.41) is 0. The maximum absolute atomic E-state index is 2.48. The topological polar surface area (TPSA) is 3.24 Å². The van der Waals surface area contributed by atoms with Crippen LogP contribution < -0.4 is 4.90 Å². The Balaban J connectivity index is 1.55. The van der Waals surface area contributed by atoms with E-state index in [1.165, 1.54) is 41.6 Å². The molecule has 0 radical (unpaired) electrons. The van der Waals surface area contributed by atoms with Gasteiger partial charge in [0.2, 0.25) is 0 Å². The molecule has 0 bridgehead atoms. The van der Waals surface area contributed by atoms with Gasteiger partial charge < -0.3 is 4.90 Å². The second kappa shape index (κ2) is 8.43. The van der Waals surface area contributed by atoms with E-state index in [1.807, 2.05) is 0 Å². The summed E-state index contributed by atoms with van der Waals surface area (Å²) in [6.45, 7) is 4.18. The number of nitrogens with zero attached hydrogens (tertiary/aromatic N) is 1. The molecule has 27 heavy (non-hydrogen) atoms. The molecule has 1 heteroatoms. The Morgan fingerprint density at radius 3 is 1.70 bits per heavy atom. The first kappa shape index (κ1) is 17.9. The molecule has 1 nitrogen and oxygen atoms in total. The number of hydrogen-bond donors (Lipinski definition) is 0. The van der Waals surface area contributed by atoms with Gasteiger partial charge in [0.1, 0.15) is 0 Å². The van der Waals surface area contributed by atoms with Crippen LogP contribution in [0.25, 0.3) is 0 Å². The fraction of sp³-hybridized carbons (Fsp3) is 0.308. The fourth-order valence-corrected chi connectivity index (χ4v) is 4.27. The minimum absolute atomic E-state index is 0.778. The highest BCUT2D eigenvalue weighted by Gasteiger charge is 2.30. The molecule has 4 rings (SSSR count). The van der Waals surface area contributed by atoms with E-state index < -0.39 is 0 Å². The molecule has 0 aromatic heterocycles. The lowest BCUT2D eigenvalue weighted by atomic mass is 9.69. The van der Waals surface area contributed by atoms with Crippen LogP contribution in [0.3, 0.4) is 0 Å². The van der Waals surface area contributed by atoms with Crippen LogP contribution in [0.15, 0.2) is 84.9 Å². The predicted molar refractivity (Wildman–Crippen MR) is 115 cm³/mol. The number of benzene rings is 3. The van der Waals surface area contributed by atoms with E-state index in [1.54, 1.807) is 0 Å². The minimum atomic E-state index is 0.778. The largest absolute Gasteiger partial charge is 0.363 e. The van der Waals surface area contributed by atoms with E-state index in [-0.39, 0.29) is 0 Å². The summed E-state index contributed by atoms with van der Waals surface area (Å²) in [6, 6.07) is 30.9. The van der Waals surface area contributed by atoms with Gasteiger partial charge in [-0.05, 0) is 53.5 Å². The molecule has 2 atom stereocenters. The predicted octanol–water partition coefficient (Wildman–Crippen LogP) is 6.80. The monoisotopic (exact) mass is 355 g/mol. The van der Waals surface area contributed by atoms with Gasteiger partial charge in [-0.15, -0.1) is 0 Å². The number of anilines is 1. The van der Waals surface area contributed by atoms with Crippen molar-refractivity contribution in [3.05, 3.63) is 102 Å². The zero-order chi connectivity index (χ0) is 18.5. The summed E-state index contributed by atoms with van der Waals surface area (Å²) in [6.07, 6.45) is 4.06. The Labute approximate surface area is 163 Å². The second-order valence-electron chi connectivity index (χ2n) is 7.77. The number of hydrogen-bond acceptors (Lipinski definition) is 1. The molecule has 3 aromatic carbocycles. The Hall–Kier alpha value is -2.54.